The maximum absolute atomic E-state index is 6.02. The fraction of sp³-hybridized carbons (Fsp3) is 0.0909. The van der Waals surface area contributed by atoms with E-state index in [1.54, 1.807) is 0 Å². The molecule has 1 unspecified atom stereocenters. The first kappa shape index (κ1) is 9.63. The van der Waals surface area contributed by atoms with Crippen molar-refractivity contribution in [1.82, 2.24) is 0 Å². The number of benzene rings is 1. The van der Waals surface area contributed by atoms with Gasteiger partial charge in [0.1, 0.15) is 10.8 Å². The lowest BCUT2D eigenvalue weighted by Gasteiger charge is -2.11. The van der Waals surface area contributed by atoms with Gasteiger partial charge < -0.3 is 4.74 Å². The molecule has 1 atom stereocenters. The van der Waals surface area contributed by atoms with Crippen LogP contribution in [0.15, 0.2) is 52.7 Å². The molecule has 1 aliphatic heterocycles. The number of rotatable bonds is 1. The largest absolute Gasteiger partial charge is 0.479 e. The Labute approximate surface area is 92.6 Å². The van der Waals surface area contributed by atoms with Crippen molar-refractivity contribution in [3.05, 3.63) is 58.3 Å². The van der Waals surface area contributed by atoms with Gasteiger partial charge in [0.25, 0.3) is 0 Å². The van der Waals surface area contributed by atoms with Crippen LogP contribution in [-0.4, -0.2) is 0 Å². The van der Waals surface area contributed by atoms with Crippen molar-refractivity contribution in [3.8, 4) is 0 Å². The molecule has 1 nitrogen and oxygen atoms in total. The fourth-order valence-corrected chi connectivity index (χ4v) is 1.76. The standard InChI is InChI=1S/C11H8Cl2O/c1-7-9(12)10(13)11(14-7)8-5-3-2-4-6-8/h2-6,11H,1H2. The summed E-state index contributed by atoms with van der Waals surface area (Å²) in [5.74, 6) is 0.436. The van der Waals surface area contributed by atoms with Crippen LogP contribution < -0.4 is 0 Å². The summed E-state index contributed by atoms with van der Waals surface area (Å²) in [4.78, 5) is 0. The van der Waals surface area contributed by atoms with Gasteiger partial charge in [-0.1, -0.05) is 60.1 Å². The van der Waals surface area contributed by atoms with E-state index in [-0.39, 0.29) is 6.10 Å². The predicted octanol–water partition coefficient (Wildman–Crippen LogP) is 3.96. The monoisotopic (exact) mass is 226 g/mol. The molecule has 0 aromatic heterocycles. The lowest BCUT2D eigenvalue weighted by molar-refractivity contribution is 0.182. The highest BCUT2D eigenvalue weighted by atomic mass is 35.5. The summed E-state index contributed by atoms with van der Waals surface area (Å²) in [5, 5.41) is 0.920. The van der Waals surface area contributed by atoms with E-state index in [0.29, 0.717) is 15.8 Å². The van der Waals surface area contributed by atoms with Crippen LogP contribution in [-0.2, 0) is 4.74 Å². The Kier molecular flexibility index (Phi) is 2.53. The van der Waals surface area contributed by atoms with Gasteiger partial charge in [-0.3, -0.25) is 0 Å². The minimum absolute atomic E-state index is 0.294. The van der Waals surface area contributed by atoms with Crippen LogP contribution in [0.2, 0.25) is 0 Å². The predicted molar refractivity (Wildman–Crippen MR) is 58.1 cm³/mol. The number of hydrogen-bond donors (Lipinski definition) is 0. The molecular weight excluding hydrogens is 219 g/mol. The smallest absolute Gasteiger partial charge is 0.161 e. The molecular formula is C11H8Cl2O. The lowest BCUT2D eigenvalue weighted by Crippen LogP contribution is -1.96. The zero-order chi connectivity index (χ0) is 10.1. The molecule has 0 bridgehead atoms. The van der Waals surface area contributed by atoms with Gasteiger partial charge in [-0.2, -0.15) is 0 Å². The molecule has 14 heavy (non-hydrogen) atoms. The molecule has 72 valence electrons. The Morgan fingerprint density at radius 2 is 1.79 bits per heavy atom. The van der Waals surface area contributed by atoms with Gasteiger partial charge >= 0.3 is 0 Å². The quantitative estimate of drug-likeness (QED) is 0.705. The minimum Gasteiger partial charge on any atom is -0.479 e. The third-order valence-electron chi connectivity index (χ3n) is 2.05. The zero-order valence-electron chi connectivity index (χ0n) is 7.34. The van der Waals surface area contributed by atoms with Crippen LogP contribution in [0.4, 0.5) is 0 Å². The van der Waals surface area contributed by atoms with E-state index in [1.165, 1.54) is 0 Å². The highest BCUT2D eigenvalue weighted by Gasteiger charge is 2.28. The van der Waals surface area contributed by atoms with Crippen LogP contribution >= 0.6 is 23.2 Å². The molecule has 1 heterocycles. The first-order valence-electron chi connectivity index (χ1n) is 4.16. The molecule has 3 heteroatoms. The van der Waals surface area contributed by atoms with Crippen LogP contribution in [0.25, 0.3) is 0 Å². The van der Waals surface area contributed by atoms with E-state index in [2.05, 4.69) is 6.58 Å². The molecule has 0 radical (unpaired) electrons. The van der Waals surface area contributed by atoms with E-state index in [4.69, 9.17) is 27.9 Å². The highest BCUT2D eigenvalue weighted by molar-refractivity contribution is 6.41. The Bertz CT molecular complexity index is 395. The van der Waals surface area contributed by atoms with Gasteiger partial charge in [0.15, 0.2) is 6.10 Å². The van der Waals surface area contributed by atoms with Crippen LogP contribution in [0.1, 0.15) is 11.7 Å². The molecule has 1 aromatic rings. The molecule has 0 amide bonds. The van der Waals surface area contributed by atoms with E-state index in [1.807, 2.05) is 30.3 Å². The highest BCUT2D eigenvalue weighted by Crippen LogP contribution is 2.43. The molecule has 0 spiro atoms. The third-order valence-corrected chi connectivity index (χ3v) is 2.95. The summed E-state index contributed by atoms with van der Waals surface area (Å²) in [6.07, 6.45) is -0.294. The number of halogens is 2. The molecule has 0 N–H and O–H groups in total. The van der Waals surface area contributed by atoms with Crippen molar-refractivity contribution in [2.75, 3.05) is 0 Å². The summed E-state index contributed by atoms with van der Waals surface area (Å²) in [6, 6.07) is 9.67. The van der Waals surface area contributed by atoms with Crippen molar-refractivity contribution < 1.29 is 4.74 Å². The van der Waals surface area contributed by atoms with Gasteiger partial charge in [-0.15, -0.1) is 0 Å². The van der Waals surface area contributed by atoms with Gasteiger partial charge in [0.2, 0.25) is 0 Å². The van der Waals surface area contributed by atoms with Crippen LogP contribution in [0.5, 0.6) is 0 Å². The SMILES string of the molecule is C=C1OC(c2ccccc2)C(Cl)=C1Cl. The summed E-state index contributed by atoms with van der Waals surface area (Å²) >= 11 is 11.9. The van der Waals surface area contributed by atoms with Crippen molar-refractivity contribution in [1.29, 1.82) is 0 Å². The molecule has 2 rings (SSSR count). The lowest BCUT2D eigenvalue weighted by atomic mass is 10.1. The minimum atomic E-state index is -0.294. The van der Waals surface area contributed by atoms with Crippen LogP contribution in [0, 0.1) is 0 Å². The van der Waals surface area contributed by atoms with Gasteiger partial charge in [0, 0.05) is 0 Å². The van der Waals surface area contributed by atoms with Gasteiger partial charge in [-0.05, 0) is 5.56 Å². The maximum atomic E-state index is 6.02. The Morgan fingerprint density at radius 3 is 2.29 bits per heavy atom. The van der Waals surface area contributed by atoms with E-state index in [9.17, 15) is 0 Å². The molecule has 0 saturated heterocycles. The zero-order valence-corrected chi connectivity index (χ0v) is 8.85. The van der Waals surface area contributed by atoms with Crippen molar-refractivity contribution in [2.24, 2.45) is 0 Å². The molecule has 0 fully saturated rings. The summed E-state index contributed by atoms with van der Waals surface area (Å²) < 4.78 is 5.44. The summed E-state index contributed by atoms with van der Waals surface area (Å²) in [6.45, 7) is 3.66. The van der Waals surface area contributed by atoms with E-state index < -0.39 is 0 Å². The fourth-order valence-electron chi connectivity index (χ4n) is 1.34. The summed E-state index contributed by atoms with van der Waals surface area (Å²) in [7, 11) is 0. The third kappa shape index (κ3) is 1.54. The van der Waals surface area contributed by atoms with E-state index >= 15 is 0 Å². The Balaban J connectivity index is 2.36. The maximum Gasteiger partial charge on any atom is 0.161 e. The van der Waals surface area contributed by atoms with Crippen molar-refractivity contribution in [2.45, 2.75) is 6.10 Å². The second-order valence-corrected chi connectivity index (χ2v) is 3.78. The first-order chi connectivity index (χ1) is 6.70. The average Bonchev–Trinajstić information content (AvgIpc) is 2.47. The summed E-state index contributed by atoms with van der Waals surface area (Å²) in [5.41, 5.74) is 0.981. The molecule has 0 saturated carbocycles. The normalized spacial score (nSPS) is 21.3. The Hall–Kier alpha value is -0.920. The van der Waals surface area contributed by atoms with Gasteiger partial charge in [0.05, 0.1) is 5.03 Å². The van der Waals surface area contributed by atoms with Crippen molar-refractivity contribution in [3.63, 3.8) is 0 Å². The number of ether oxygens (including phenoxy) is 1. The van der Waals surface area contributed by atoms with Gasteiger partial charge in [-0.25, -0.2) is 0 Å². The topological polar surface area (TPSA) is 9.23 Å². The van der Waals surface area contributed by atoms with Crippen molar-refractivity contribution >= 4 is 23.2 Å². The Morgan fingerprint density at radius 1 is 1.14 bits per heavy atom. The molecule has 1 aromatic carbocycles. The number of allylic oxidation sites excluding steroid dienone is 1. The second kappa shape index (κ2) is 3.68. The van der Waals surface area contributed by atoms with Crippen LogP contribution in [0.3, 0.4) is 0 Å². The van der Waals surface area contributed by atoms with E-state index in [0.717, 1.165) is 5.56 Å². The second-order valence-electron chi connectivity index (χ2n) is 2.99. The number of hydrogen-bond acceptors (Lipinski definition) is 1. The first-order valence-corrected chi connectivity index (χ1v) is 4.92. The molecule has 1 aliphatic rings. The average molecular weight is 227 g/mol. The molecule has 0 aliphatic carbocycles.